The number of methoxy groups -OCH3 is 1. The number of hydrogen-bond donors (Lipinski definition) is 3. The summed E-state index contributed by atoms with van der Waals surface area (Å²) in [5, 5.41) is 16.4. The first kappa shape index (κ1) is 23.6. The molecule has 2 aromatic carbocycles. The van der Waals surface area contributed by atoms with E-state index in [2.05, 4.69) is 10.4 Å². The van der Waals surface area contributed by atoms with Gasteiger partial charge in [0.05, 0.1) is 23.4 Å². The number of amides is 1. The number of carbonyl (C=O) groups excluding carboxylic acids is 1. The Hall–Kier alpha value is -3.59. The van der Waals surface area contributed by atoms with Gasteiger partial charge >= 0.3 is 5.97 Å². The van der Waals surface area contributed by atoms with Gasteiger partial charge < -0.3 is 20.9 Å². The molecule has 1 heterocycles. The van der Waals surface area contributed by atoms with E-state index in [0.717, 1.165) is 18.4 Å². The first-order valence-electron chi connectivity index (χ1n) is 10.7. The minimum atomic E-state index is -1.02. The van der Waals surface area contributed by atoms with Crippen LogP contribution in [0.15, 0.2) is 36.4 Å². The number of halogens is 2. The normalized spacial score (nSPS) is 17.5. The van der Waals surface area contributed by atoms with E-state index in [4.69, 9.17) is 22.1 Å². The van der Waals surface area contributed by atoms with Crippen LogP contribution in [0.25, 0.3) is 0 Å². The number of anilines is 2. The van der Waals surface area contributed by atoms with Crippen LogP contribution in [0.3, 0.4) is 0 Å². The van der Waals surface area contributed by atoms with E-state index in [0.29, 0.717) is 23.6 Å². The Morgan fingerprint density at radius 2 is 1.97 bits per heavy atom. The summed E-state index contributed by atoms with van der Waals surface area (Å²) in [5.74, 6) is -1.21. The lowest BCUT2D eigenvalue weighted by atomic mass is 9.92. The van der Waals surface area contributed by atoms with Crippen LogP contribution >= 0.6 is 11.6 Å². The van der Waals surface area contributed by atoms with Crippen molar-refractivity contribution in [2.75, 3.05) is 18.2 Å². The average Bonchev–Trinajstić information content (AvgIpc) is 3.40. The summed E-state index contributed by atoms with van der Waals surface area (Å²) in [5.41, 5.74) is 8.49. The minimum absolute atomic E-state index is 0.0325. The maximum atomic E-state index is 13.5. The molecule has 1 amide bonds. The van der Waals surface area contributed by atoms with E-state index in [1.807, 2.05) is 0 Å². The number of hydrogen-bond acceptors (Lipinski definition) is 5. The van der Waals surface area contributed by atoms with Crippen LogP contribution in [0, 0.1) is 5.82 Å². The van der Waals surface area contributed by atoms with Crippen LogP contribution in [0.1, 0.15) is 63.1 Å². The number of carboxylic acids is 1. The summed E-state index contributed by atoms with van der Waals surface area (Å²) < 4.78 is 20.4. The van der Waals surface area contributed by atoms with Gasteiger partial charge in [-0.05, 0) is 61.1 Å². The van der Waals surface area contributed by atoms with Crippen molar-refractivity contribution in [3.8, 4) is 5.75 Å². The molecular weight excluding hydrogens is 463 g/mol. The minimum Gasteiger partial charge on any atom is -0.496 e. The zero-order valence-corrected chi connectivity index (χ0v) is 19.4. The van der Waals surface area contributed by atoms with Gasteiger partial charge in [0.2, 0.25) is 0 Å². The van der Waals surface area contributed by atoms with Crippen molar-refractivity contribution in [3.63, 3.8) is 0 Å². The van der Waals surface area contributed by atoms with Crippen molar-refractivity contribution in [1.29, 1.82) is 0 Å². The number of nitrogens with one attached hydrogen (secondary N) is 1. The molecule has 1 aliphatic rings. The number of ether oxygens (including phenoxy) is 1. The van der Waals surface area contributed by atoms with Gasteiger partial charge in [0.15, 0.2) is 0 Å². The van der Waals surface area contributed by atoms with Crippen LogP contribution in [-0.2, 0) is 7.05 Å². The second kappa shape index (κ2) is 9.34. The molecule has 0 aliphatic heterocycles. The third-order valence-corrected chi connectivity index (χ3v) is 6.55. The molecular formula is C24H24ClFN4O4. The van der Waals surface area contributed by atoms with Gasteiger partial charge in [-0.3, -0.25) is 9.48 Å². The summed E-state index contributed by atoms with van der Waals surface area (Å²) in [4.78, 5) is 24.4. The molecule has 1 fully saturated rings. The number of aromatic nitrogens is 2. The van der Waals surface area contributed by atoms with Gasteiger partial charge in [0.25, 0.3) is 5.91 Å². The van der Waals surface area contributed by atoms with E-state index in [1.165, 1.54) is 36.1 Å². The van der Waals surface area contributed by atoms with E-state index in [9.17, 15) is 19.1 Å². The highest BCUT2D eigenvalue weighted by molar-refractivity contribution is 6.31. The molecule has 4 N–H and O–H groups in total. The predicted octanol–water partition coefficient (Wildman–Crippen LogP) is 4.81. The lowest BCUT2D eigenvalue weighted by Crippen LogP contribution is -2.16. The van der Waals surface area contributed by atoms with Crippen molar-refractivity contribution >= 4 is 35.0 Å². The van der Waals surface area contributed by atoms with E-state index < -0.39 is 17.7 Å². The summed E-state index contributed by atoms with van der Waals surface area (Å²) >= 11 is 5.83. The Labute approximate surface area is 200 Å². The molecule has 8 nitrogen and oxygen atoms in total. The maximum Gasteiger partial charge on any atom is 0.335 e. The van der Waals surface area contributed by atoms with Gasteiger partial charge in [-0.2, -0.15) is 5.10 Å². The fourth-order valence-corrected chi connectivity index (χ4v) is 4.72. The van der Waals surface area contributed by atoms with E-state index in [1.54, 1.807) is 19.2 Å². The van der Waals surface area contributed by atoms with Crippen molar-refractivity contribution in [2.45, 2.75) is 31.1 Å². The zero-order chi connectivity index (χ0) is 24.6. The Balaban J connectivity index is 1.59. The van der Waals surface area contributed by atoms with Crippen LogP contribution in [0.5, 0.6) is 5.75 Å². The molecule has 178 valence electrons. The van der Waals surface area contributed by atoms with Crippen LogP contribution in [0.4, 0.5) is 15.9 Å². The van der Waals surface area contributed by atoms with Crippen molar-refractivity contribution in [1.82, 2.24) is 9.78 Å². The number of rotatable bonds is 6. The van der Waals surface area contributed by atoms with Crippen molar-refractivity contribution in [2.24, 2.45) is 7.05 Å². The second-order valence-electron chi connectivity index (χ2n) is 8.32. The van der Waals surface area contributed by atoms with Crippen molar-refractivity contribution < 1.29 is 23.8 Å². The average molecular weight is 487 g/mol. The summed E-state index contributed by atoms with van der Waals surface area (Å²) in [7, 11) is 3.19. The largest absolute Gasteiger partial charge is 0.496 e. The molecule has 0 spiro atoms. The zero-order valence-electron chi connectivity index (χ0n) is 18.6. The van der Waals surface area contributed by atoms with Gasteiger partial charge in [0, 0.05) is 18.7 Å². The lowest BCUT2D eigenvalue weighted by molar-refractivity contribution is 0.0696. The fraction of sp³-hybridized carbons (Fsp3) is 0.292. The monoisotopic (exact) mass is 486 g/mol. The lowest BCUT2D eigenvalue weighted by Gasteiger charge is -2.16. The molecule has 1 saturated carbocycles. The van der Waals surface area contributed by atoms with E-state index >= 15 is 0 Å². The quantitative estimate of drug-likeness (QED) is 0.460. The van der Waals surface area contributed by atoms with Gasteiger partial charge in [-0.15, -0.1) is 0 Å². The van der Waals surface area contributed by atoms with Crippen LogP contribution < -0.4 is 15.8 Å². The molecule has 2 unspecified atom stereocenters. The predicted molar refractivity (Wildman–Crippen MR) is 126 cm³/mol. The molecule has 1 aromatic heterocycles. The molecule has 10 heteroatoms. The molecule has 4 rings (SSSR count). The molecule has 0 bridgehead atoms. The summed E-state index contributed by atoms with van der Waals surface area (Å²) in [6.07, 6.45) is 2.29. The molecule has 0 radical (unpaired) electrons. The topological polar surface area (TPSA) is 119 Å². The molecule has 1 aliphatic carbocycles. The smallest absolute Gasteiger partial charge is 0.335 e. The fourth-order valence-electron chi connectivity index (χ4n) is 4.54. The highest BCUT2D eigenvalue weighted by Crippen LogP contribution is 2.47. The second-order valence-corrected chi connectivity index (χ2v) is 8.73. The first-order chi connectivity index (χ1) is 16.2. The number of nitrogen functional groups attached to an aromatic ring is 1. The number of nitrogens with zero attached hydrogens (tertiary/aromatic N) is 2. The Bertz CT molecular complexity index is 1280. The van der Waals surface area contributed by atoms with Crippen molar-refractivity contribution in [3.05, 3.63) is 69.6 Å². The standard InChI is InChI=1S/C24H24ClFN4O4/c1-30-22(27)20(23(31)28-15-6-8-18(26)17(25)11-15)21(29-30)13-4-3-12(9-13)16-7-5-14(24(32)33)10-19(16)34-2/h5-8,10-13H,3-4,9,27H2,1-2H3,(H,28,31)(H,32,33). The van der Waals surface area contributed by atoms with Crippen LogP contribution in [-0.4, -0.2) is 33.9 Å². The highest BCUT2D eigenvalue weighted by atomic mass is 35.5. The number of carboxylic acid groups (broad SMARTS) is 1. The highest BCUT2D eigenvalue weighted by Gasteiger charge is 2.34. The molecule has 2 atom stereocenters. The van der Waals surface area contributed by atoms with Crippen LogP contribution in [0.2, 0.25) is 5.02 Å². The third kappa shape index (κ3) is 4.43. The third-order valence-electron chi connectivity index (χ3n) is 6.26. The summed E-state index contributed by atoms with van der Waals surface area (Å²) in [6.45, 7) is 0. The number of carbonyl (C=O) groups is 2. The first-order valence-corrected chi connectivity index (χ1v) is 11.1. The molecule has 34 heavy (non-hydrogen) atoms. The maximum absolute atomic E-state index is 13.5. The number of nitrogens with two attached hydrogens (primary N) is 1. The SMILES string of the molecule is COc1cc(C(=O)O)ccc1C1CCC(c2nn(C)c(N)c2C(=O)Nc2ccc(F)c(Cl)c2)C1. The van der Waals surface area contributed by atoms with E-state index in [-0.39, 0.29) is 33.8 Å². The van der Waals surface area contributed by atoms with Gasteiger partial charge in [-0.1, -0.05) is 17.7 Å². The summed E-state index contributed by atoms with van der Waals surface area (Å²) in [6, 6.07) is 8.81. The Morgan fingerprint density at radius 3 is 2.65 bits per heavy atom. The number of benzene rings is 2. The Morgan fingerprint density at radius 1 is 1.24 bits per heavy atom. The molecule has 3 aromatic rings. The number of aromatic carboxylic acids is 1. The van der Waals surface area contributed by atoms with Gasteiger partial charge in [-0.25, -0.2) is 9.18 Å². The van der Waals surface area contributed by atoms with Gasteiger partial charge in [0.1, 0.15) is 22.9 Å². The molecule has 0 saturated heterocycles. The Kier molecular flexibility index (Phi) is 6.47. The number of aryl methyl sites for hydroxylation is 1.